The average Bonchev–Trinajstić information content (AvgIpc) is 2.80. The standard InChI is InChI=1S/C40H58Si4/c1-39(2,3)33-27-31(19-23-41(7,8)9)35(21-25-43(13,14)15)37(29-33)38-30-34(40(4,5)6)28-32(20-24-42(10,11)12)36(38)22-26-44(16,17)18/h27-30H,1-18H3. The maximum absolute atomic E-state index is 3.72. The van der Waals surface area contributed by atoms with Crippen molar-refractivity contribution in [1.82, 2.24) is 0 Å². The van der Waals surface area contributed by atoms with Crippen molar-refractivity contribution in [3.63, 3.8) is 0 Å². The zero-order chi connectivity index (χ0) is 34.1. The first kappa shape index (κ1) is 37.7. The lowest BCUT2D eigenvalue weighted by atomic mass is 9.79. The van der Waals surface area contributed by atoms with Crippen LogP contribution in [0.15, 0.2) is 24.3 Å². The van der Waals surface area contributed by atoms with Gasteiger partial charge in [0.25, 0.3) is 0 Å². The molecule has 0 aliphatic rings. The van der Waals surface area contributed by atoms with Crippen LogP contribution in [0, 0.1) is 45.9 Å². The normalized spacial score (nSPS) is 12.5. The lowest BCUT2D eigenvalue weighted by molar-refractivity contribution is 0.589. The molecule has 0 nitrogen and oxygen atoms in total. The van der Waals surface area contributed by atoms with E-state index in [0.717, 1.165) is 33.4 Å². The van der Waals surface area contributed by atoms with Gasteiger partial charge < -0.3 is 0 Å². The summed E-state index contributed by atoms with van der Waals surface area (Å²) >= 11 is 0. The minimum Gasteiger partial charge on any atom is -0.127 e. The fourth-order valence-electron chi connectivity index (χ4n) is 4.05. The van der Waals surface area contributed by atoms with Crippen LogP contribution >= 0.6 is 0 Å². The van der Waals surface area contributed by atoms with E-state index in [4.69, 9.17) is 0 Å². The molecule has 0 spiro atoms. The van der Waals surface area contributed by atoms with E-state index in [0.29, 0.717) is 0 Å². The predicted molar refractivity (Wildman–Crippen MR) is 210 cm³/mol. The molecule has 0 heterocycles. The van der Waals surface area contributed by atoms with Crippen molar-refractivity contribution in [1.29, 1.82) is 0 Å². The van der Waals surface area contributed by atoms with Crippen LogP contribution in [0.25, 0.3) is 11.1 Å². The summed E-state index contributed by atoms with van der Waals surface area (Å²) in [5, 5.41) is 0. The number of hydrogen-bond donors (Lipinski definition) is 0. The van der Waals surface area contributed by atoms with E-state index in [1.807, 2.05) is 0 Å². The molecule has 0 N–H and O–H groups in total. The van der Waals surface area contributed by atoms with E-state index in [-0.39, 0.29) is 10.8 Å². The largest absolute Gasteiger partial charge is 0.129 e. The fraction of sp³-hybridized carbons (Fsp3) is 0.500. The third-order valence-corrected chi connectivity index (χ3v) is 10.1. The van der Waals surface area contributed by atoms with E-state index < -0.39 is 32.3 Å². The zero-order valence-electron chi connectivity index (χ0n) is 31.3. The van der Waals surface area contributed by atoms with E-state index >= 15 is 0 Å². The van der Waals surface area contributed by atoms with Crippen LogP contribution in [-0.2, 0) is 10.8 Å². The Morgan fingerprint density at radius 1 is 0.386 bits per heavy atom. The Hall–Kier alpha value is -2.45. The molecule has 2 aromatic rings. The molecule has 0 fully saturated rings. The first-order chi connectivity index (χ1) is 19.6. The Balaban J connectivity index is 3.41. The lowest BCUT2D eigenvalue weighted by Gasteiger charge is -2.25. The molecule has 0 aliphatic carbocycles. The molecular formula is C40H58Si4. The van der Waals surface area contributed by atoms with Crippen molar-refractivity contribution >= 4 is 32.3 Å². The molecule has 0 saturated heterocycles. The monoisotopic (exact) mass is 650 g/mol. The van der Waals surface area contributed by atoms with Crippen LogP contribution in [0.5, 0.6) is 0 Å². The molecule has 0 unspecified atom stereocenters. The SMILES string of the molecule is CC(C)(C)c1cc(C#C[Si](C)(C)C)c(C#C[Si](C)(C)C)c(-c2cc(C(C)(C)C)cc(C#C[Si](C)(C)C)c2C#C[Si](C)(C)C)c1. The van der Waals surface area contributed by atoms with Gasteiger partial charge in [0.1, 0.15) is 32.3 Å². The van der Waals surface area contributed by atoms with Gasteiger partial charge in [0.05, 0.1) is 0 Å². The highest BCUT2D eigenvalue weighted by atomic mass is 28.3. The summed E-state index contributed by atoms with van der Waals surface area (Å²) in [6.45, 7) is 41.5. The van der Waals surface area contributed by atoms with E-state index in [1.54, 1.807) is 0 Å². The second-order valence-electron chi connectivity index (χ2n) is 18.4. The Bertz CT molecular complexity index is 1520. The Kier molecular flexibility index (Phi) is 11.2. The Morgan fingerprint density at radius 2 is 0.636 bits per heavy atom. The maximum atomic E-state index is 3.72. The van der Waals surface area contributed by atoms with Gasteiger partial charge in [-0.1, -0.05) is 144 Å². The van der Waals surface area contributed by atoms with Gasteiger partial charge in [0.15, 0.2) is 0 Å². The van der Waals surface area contributed by atoms with Crippen LogP contribution in [0.3, 0.4) is 0 Å². The highest BCUT2D eigenvalue weighted by Crippen LogP contribution is 2.38. The van der Waals surface area contributed by atoms with Gasteiger partial charge in [0, 0.05) is 33.4 Å². The molecule has 2 aromatic carbocycles. The van der Waals surface area contributed by atoms with Gasteiger partial charge in [0.2, 0.25) is 0 Å². The van der Waals surface area contributed by atoms with E-state index in [9.17, 15) is 0 Å². The van der Waals surface area contributed by atoms with Gasteiger partial charge in [-0.05, 0) is 46.2 Å². The van der Waals surface area contributed by atoms with Crippen molar-refractivity contribution in [3.8, 4) is 57.0 Å². The van der Waals surface area contributed by atoms with Crippen LogP contribution < -0.4 is 0 Å². The Morgan fingerprint density at radius 3 is 0.864 bits per heavy atom. The maximum Gasteiger partial charge on any atom is 0.129 e. The van der Waals surface area contributed by atoms with Gasteiger partial charge in [-0.15, -0.1) is 22.2 Å². The van der Waals surface area contributed by atoms with E-state index in [1.165, 1.54) is 11.1 Å². The molecule has 0 amide bonds. The molecule has 0 radical (unpaired) electrons. The van der Waals surface area contributed by atoms with Gasteiger partial charge in [-0.3, -0.25) is 0 Å². The predicted octanol–water partition coefficient (Wildman–Crippen LogP) is 10.9. The summed E-state index contributed by atoms with van der Waals surface area (Å²) in [6.07, 6.45) is 0. The van der Waals surface area contributed by atoms with Crippen molar-refractivity contribution < 1.29 is 0 Å². The summed E-state index contributed by atoms with van der Waals surface area (Å²) in [4.78, 5) is 0. The summed E-state index contributed by atoms with van der Waals surface area (Å²) in [7, 11) is -6.62. The van der Waals surface area contributed by atoms with Crippen molar-refractivity contribution in [2.24, 2.45) is 0 Å². The highest BCUT2D eigenvalue weighted by Gasteiger charge is 2.25. The summed E-state index contributed by atoms with van der Waals surface area (Å²) in [6, 6.07) is 9.37. The molecule has 0 aliphatic heterocycles. The summed E-state index contributed by atoms with van der Waals surface area (Å²) in [5.74, 6) is 14.8. The molecule has 0 bridgehead atoms. The minimum atomic E-state index is -1.68. The molecular weight excluding hydrogens is 593 g/mol. The van der Waals surface area contributed by atoms with Gasteiger partial charge in [-0.2, -0.15) is 0 Å². The summed E-state index contributed by atoms with van der Waals surface area (Å²) in [5.41, 5.74) is 23.6. The minimum absolute atomic E-state index is 0.0542. The van der Waals surface area contributed by atoms with Crippen molar-refractivity contribution in [2.75, 3.05) is 0 Å². The number of benzene rings is 2. The first-order valence-corrected chi connectivity index (χ1v) is 30.1. The molecule has 0 aromatic heterocycles. The molecule has 0 saturated carbocycles. The fourth-order valence-corrected chi connectivity index (χ4v) is 6.07. The third-order valence-electron chi connectivity index (χ3n) is 6.57. The van der Waals surface area contributed by atoms with Crippen LogP contribution in [0.2, 0.25) is 78.6 Å². The van der Waals surface area contributed by atoms with Crippen LogP contribution in [0.4, 0.5) is 0 Å². The van der Waals surface area contributed by atoms with Crippen LogP contribution in [0.1, 0.15) is 74.9 Å². The smallest absolute Gasteiger partial charge is 0.127 e. The average molecular weight is 651 g/mol. The Labute approximate surface area is 276 Å². The first-order valence-electron chi connectivity index (χ1n) is 16.1. The molecule has 2 rings (SSSR count). The van der Waals surface area contributed by atoms with Crippen LogP contribution in [-0.4, -0.2) is 32.3 Å². The van der Waals surface area contributed by atoms with Gasteiger partial charge >= 0.3 is 0 Å². The summed E-state index contributed by atoms with van der Waals surface area (Å²) < 4.78 is 0. The van der Waals surface area contributed by atoms with Crippen molar-refractivity contribution in [3.05, 3.63) is 57.6 Å². The second kappa shape index (κ2) is 13.1. The second-order valence-corrected chi connectivity index (χ2v) is 37.4. The van der Waals surface area contributed by atoms with Crippen molar-refractivity contribution in [2.45, 2.75) is 131 Å². The highest BCUT2D eigenvalue weighted by molar-refractivity contribution is 6.85. The molecule has 0 atom stereocenters. The molecule has 234 valence electrons. The molecule has 4 heteroatoms. The lowest BCUT2D eigenvalue weighted by Crippen LogP contribution is -2.18. The quantitative estimate of drug-likeness (QED) is 0.213. The molecule has 44 heavy (non-hydrogen) atoms. The number of hydrogen-bond acceptors (Lipinski definition) is 0. The van der Waals surface area contributed by atoms with Gasteiger partial charge in [-0.25, -0.2) is 0 Å². The zero-order valence-corrected chi connectivity index (χ0v) is 35.3. The van der Waals surface area contributed by atoms with E-state index in [2.05, 4.69) is 190 Å². The third kappa shape index (κ3) is 12.1. The number of rotatable bonds is 1. The topological polar surface area (TPSA) is 0 Å².